The predicted octanol–water partition coefficient (Wildman–Crippen LogP) is 2.63. The third-order valence-corrected chi connectivity index (χ3v) is 5.35. The van der Waals surface area contributed by atoms with Crippen LogP contribution in [-0.2, 0) is 6.54 Å². The van der Waals surface area contributed by atoms with Gasteiger partial charge in [0.15, 0.2) is 0 Å². The van der Waals surface area contributed by atoms with E-state index in [0.29, 0.717) is 12.1 Å². The number of carbonyl (C=O) groups excluding carboxylic acids is 1. The fourth-order valence-corrected chi connectivity index (χ4v) is 3.64. The van der Waals surface area contributed by atoms with Gasteiger partial charge < -0.3 is 24.3 Å². The summed E-state index contributed by atoms with van der Waals surface area (Å²) in [5.41, 5.74) is 2.70. The average molecular weight is 378 g/mol. The number of hydrogen-bond donors (Lipinski definition) is 1. The second kappa shape index (κ2) is 7.94. The van der Waals surface area contributed by atoms with Gasteiger partial charge in [0.1, 0.15) is 11.6 Å². The molecule has 4 rings (SSSR count). The van der Waals surface area contributed by atoms with Crippen LogP contribution in [-0.4, -0.2) is 55.5 Å². The van der Waals surface area contributed by atoms with Gasteiger partial charge in [-0.05, 0) is 37.4 Å². The van der Waals surface area contributed by atoms with E-state index in [-0.39, 0.29) is 5.91 Å². The van der Waals surface area contributed by atoms with E-state index in [0.717, 1.165) is 48.8 Å². The van der Waals surface area contributed by atoms with Crippen molar-refractivity contribution in [2.75, 3.05) is 45.2 Å². The van der Waals surface area contributed by atoms with Crippen LogP contribution in [0.1, 0.15) is 15.9 Å². The first-order chi connectivity index (χ1) is 13.7. The Morgan fingerprint density at radius 1 is 1.04 bits per heavy atom. The van der Waals surface area contributed by atoms with Gasteiger partial charge in [-0.2, -0.15) is 0 Å². The normalized spacial score (nSPS) is 15.0. The minimum atomic E-state index is -0.0918. The number of para-hydroxylation sites is 1. The van der Waals surface area contributed by atoms with E-state index in [1.807, 2.05) is 42.6 Å². The van der Waals surface area contributed by atoms with Gasteiger partial charge in [0.2, 0.25) is 0 Å². The first kappa shape index (κ1) is 18.4. The van der Waals surface area contributed by atoms with Gasteiger partial charge in [-0.3, -0.25) is 4.79 Å². The van der Waals surface area contributed by atoms with Crippen LogP contribution in [0.5, 0.6) is 5.75 Å². The molecule has 3 heterocycles. The highest BCUT2D eigenvalue weighted by Gasteiger charge is 2.17. The number of nitrogens with zero attached hydrogens (tertiary/aromatic N) is 3. The van der Waals surface area contributed by atoms with E-state index < -0.39 is 0 Å². The molecule has 0 aliphatic carbocycles. The van der Waals surface area contributed by atoms with Crippen LogP contribution in [0, 0.1) is 0 Å². The number of pyridine rings is 1. The first-order valence-corrected chi connectivity index (χ1v) is 9.60. The molecule has 1 amide bonds. The van der Waals surface area contributed by atoms with Crippen molar-refractivity contribution in [2.24, 2.45) is 0 Å². The van der Waals surface area contributed by atoms with E-state index >= 15 is 0 Å². The molecule has 1 saturated heterocycles. The molecule has 1 aromatic carbocycles. The molecule has 0 spiro atoms. The maximum atomic E-state index is 12.7. The number of benzene rings is 1. The minimum absolute atomic E-state index is 0.0918. The Labute approximate surface area is 165 Å². The van der Waals surface area contributed by atoms with Gasteiger partial charge in [-0.25, -0.2) is 0 Å². The quantitative estimate of drug-likeness (QED) is 0.742. The Morgan fingerprint density at radius 3 is 2.57 bits per heavy atom. The van der Waals surface area contributed by atoms with Gasteiger partial charge >= 0.3 is 0 Å². The molecule has 2 aromatic heterocycles. The number of aromatic nitrogens is 1. The van der Waals surface area contributed by atoms with Crippen molar-refractivity contribution in [3.05, 3.63) is 65.9 Å². The molecule has 0 saturated carbocycles. The molecule has 1 aliphatic rings. The van der Waals surface area contributed by atoms with E-state index in [2.05, 4.69) is 38.7 Å². The number of anilines is 1. The fourth-order valence-electron chi connectivity index (χ4n) is 3.64. The third-order valence-electron chi connectivity index (χ3n) is 5.35. The van der Waals surface area contributed by atoms with Gasteiger partial charge in [-0.15, -0.1) is 0 Å². The molecule has 0 atom stereocenters. The SMILES string of the molecule is COc1ccccc1CNC(=O)c1ccc2ccc(N3CCN(C)CC3)n2c1. The van der Waals surface area contributed by atoms with Crippen molar-refractivity contribution in [3.63, 3.8) is 0 Å². The highest BCUT2D eigenvalue weighted by Crippen LogP contribution is 2.22. The van der Waals surface area contributed by atoms with Crippen LogP contribution < -0.4 is 15.0 Å². The molecule has 6 heteroatoms. The highest BCUT2D eigenvalue weighted by molar-refractivity contribution is 5.94. The summed E-state index contributed by atoms with van der Waals surface area (Å²) in [7, 11) is 3.79. The van der Waals surface area contributed by atoms with Gasteiger partial charge in [0.25, 0.3) is 5.91 Å². The summed E-state index contributed by atoms with van der Waals surface area (Å²) in [6, 6.07) is 15.8. The summed E-state index contributed by atoms with van der Waals surface area (Å²) in [6.07, 6.45) is 1.93. The van der Waals surface area contributed by atoms with Crippen LogP contribution in [0.3, 0.4) is 0 Å². The Kier molecular flexibility index (Phi) is 5.21. The van der Waals surface area contributed by atoms with E-state index in [9.17, 15) is 4.79 Å². The molecule has 0 unspecified atom stereocenters. The number of carbonyl (C=O) groups is 1. The lowest BCUT2D eigenvalue weighted by Gasteiger charge is -2.33. The number of nitrogens with one attached hydrogen (secondary N) is 1. The maximum Gasteiger partial charge on any atom is 0.253 e. The number of ether oxygens (including phenoxy) is 1. The molecule has 6 nitrogen and oxygen atoms in total. The number of likely N-dealkylation sites (N-methyl/N-ethyl adjacent to an activating group) is 1. The number of hydrogen-bond acceptors (Lipinski definition) is 4. The Morgan fingerprint density at radius 2 is 1.79 bits per heavy atom. The van der Waals surface area contributed by atoms with E-state index in [4.69, 9.17) is 4.74 Å². The molecule has 28 heavy (non-hydrogen) atoms. The Balaban J connectivity index is 1.52. The van der Waals surface area contributed by atoms with Crippen molar-refractivity contribution in [1.29, 1.82) is 0 Å². The summed E-state index contributed by atoms with van der Waals surface area (Å²) in [5.74, 6) is 1.83. The first-order valence-electron chi connectivity index (χ1n) is 9.60. The van der Waals surface area contributed by atoms with Crippen LogP contribution >= 0.6 is 0 Å². The standard InChI is InChI=1S/C22H26N4O2/c1-24-11-13-25(14-12-24)21-10-9-19-8-7-18(16-26(19)21)22(27)23-15-17-5-3-4-6-20(17)28-2/h3-10,16H,11-15H2,1-2H3,(H,23,27). The minimum Gasteiger partial charge on any atom is -0.496 e. The third kappa shape index (κ3) is 3.68. The second-order valence-corrected chi connectivity index (χ2v) is 7.19. The monoisotopic (exact) mass is 378 g/mol. The molecule has 0 bridgehead atoms. The maximum absolute atomic E-state index is 12.7. The molecule has 1 aliphatic heterocycles. The van der Waals surface area contributed by atoms with Gasteiger partial charge in [0.05, 0.1) is 12.7 Å². The zero-order valence-corrected chi connectivity index (χ0v) is 16.4. The molecular formula is C22H26N4O2. The lowest BCUT2D eigenvalue weighted by Crippen LogP contribution is -2.44. The smallest absolute Gasteiger partial charge is 0.253 e. The Bertz CT molecular complexity index is 974. The van der Waals surface area contributed by atoms with Crippen molar-refractivity contribution >= 4 is 17.2 Å². The van der Waals surface area contributed by atoms with Crippen LogP contribution in [0.4, 0.5) is 5.82 Å². The molecular weight excluding hydrogens is 352 g/mol. The molecule has 1 N–H and O–H groups in total. The predicted molar refractivity (Wildman–Crippen MR) is 111 cm³/mol. The lowest BCUT2D eigenvalue weighted by molar-refractivity contribution is 0.0950. The summed E-state index contributed by atoms with van der Waals surface area (Å²) < 4.78 is 7.47. The van der Waals surface area contributed by atoms with Crippen molar-refractivity contribution < 1.29 is 9.53 Å². The molecule has 3 aromatic rings. The number of piperazine rings is 1. The van der Waals surface area contributed by atoms with Gasteiger partial charge in [0, 0.05) is 50.0 Å². The molecule has 0 radical (unpaired) electrons. The zero-order chi connectivity index (χ0) is 19.5. The number of rotatable bonds is 5. The summed E-state index contributed by atoms with van der Waals surface area (Å²) in [4.78, 5) is 17.4. The zero-order valence-electron chi connectivity index (χ0n) is 16.4. The van der Waals surface area contributed by atoms with Crippen molar-refractivity contribution in [2.45, 2.75) is 6.54 Å². The summed E-state index contributed by atoms with van der Waals surface area (Å²) in [5, 5.41) is 3.00. The summed E-state index contributed by atoms with van der Waals surface area (Å²) in [6.45, 7) is 4.51. The topological polar surface area (TPSA) is 49.2 Å². The Hall–Kier alpha value is -2.99. The second-order valence-electron chi connectivity index (χ2n) is 7.19. The summed E-state index contributed by atoms with van der Waals surface area (Å²) >= 11 is 0. The fraction of sp³-hybridized carbons (Fsp3) is 0.318. The largest absolute Gasteiger partial charge is 0.496 e. The van der Waals surface area contributed by atoms with Crippen LogP contribution in [0.2, 0.25) is 0 Å². The number of fused-ring (bicyclic) bond motifs is 1. The highest BCUT2D eigenvalue weighted by atomic mass is 16.5. The van der Waals surface area contributed by atoms with Crippen molar-refractivity contribution in [3.8, 4) is 5.75 Å². The average Bonchev–Trinajstić information content (AvgIpc) is 3.16. The van der Waals surface area contributed by atoms with Crippen molar-refractivity contribution in [1.82, 2.24) is 14.6 Å². The number of amides is 1. The van der Waals surface area contributed by atoms with Crippen LogP contribution in [0.25, 0.3) is 5.52 Å². The number of methoxy groups -OCH3 is 1. The van der Waals surface area contributed by atoms with Gasteiger partial charge in [-0.1, -0.05) is 18.2 Å². The molecule has 146 valence electrons. The van der Waals surface area contributed by atoms with E-state index in [1.165, 1.54) is 0 Å². The lowest BCUT2D eigenvalue weighted by atomic mass is 10.2. The van der Waals surface area contributed by atoms with E-state index in [1.54, 1.807) is 7.11 Å². The molecule has 1 fully saturated rings. The van der Waals surface area contributed by atoms with Crippen LogP contribution in [0.15, 0.2) is 54.7 Å².